The van der Waals surface area contributed by atoms with Gasteiger partial charge in [0.2, 0.25) is 0 Å². The summed E-state index contributed by atoms with van der Waals surface area (Å²) in [6.45, 7) is 6.65. The molecule has 0 aliphatic heterocycles. The Balaban J connectivity index is 2.62. The van der Waals surface area contributed by atoms with Crippen molar-refractivity contribution in [1.29, 1.82) is 0 Å². The number of unbranched alkanes of at least 4 members (excludes halogenated alkanes) is 1. The van der Waals surface area contributed by atoms with Gasteiger partial charge in [-0.1, -0.05) is 13.3 Å². The van der Waals surface area contributed by atoms with Crippen LogP contribution in [-0.4, -0.2) is 0 Å². The van der Waals surface area contributed by atoms with E-state index >= 15 is 0 Å². The molecular formula is C10H16S. The monoisotopic (exact) mass is 168 g/mol. The van der Waals surface area contributed by atoms with Crippen molar-refractivity contribution in [1.82, 2.24) is 0 Å². The van der Waals surface area contributed by atoms with Crippen molar-refractivity contribution < 1.29 is 0 Å². The summed E-state index contributed by atoms with van der Waals surface area (Å²) in [4.78, 5) is 3.04. The molecule has 0 atom stereocenters. The molecule has 11 heavy (non-hydrogen) atoms. The lowest BCUT2D eigenvalue weighted by molar-refractivity contribution is 0.801. The fourth-order valence-electron chi connectivity index (χ4n) is 1.28. The van der Waals surface area contributed by atoms with Crippen LogP contribution in [0, 0.1) is 13.8 Å². The van der Waals surface area contributed by atoms with Gasteiger partial charge in [0.25, 0.3) is 0 Å². The molecule has 62 valence electrons. The van der Waals surface area contributed by atoms with Crippen molar-refractivity contribution in [3.05, 3.63) is 21.4 Å². The lowest BCUT2D eigenvalue weighted by Gasteiger charge is -1.95. The molecule has 1 rings (SSSR count). The second kappa shape index (κ2) is 3.91. The normalized spacial score (nSPS) is 10.5. The SMILES string of the molecule is CCCCc1sc(C)cc1C. The molecule has 0 unspecified atom stereocenters. The molecule has 0 fully saturated rings. The maximum absolute atomic E-state index is 2.29. The highest BCUT2D eigenvalue weighted by atomic mass is 32.1. The number of hydrogen-bond acceptors (Lipinski definition) is 1. The molecule has 0 aliphatic carbocycles. The summed E-state index contributed by atoms with van der Waals surface area (Å²) in [6.07, 6.45) is 3.91. The van der Waals surface area contributed by atoms with Crippen molar-refractivity contribution in [2.75, 3.05) is 0 Å². The van der Waals surface area contributed by atoms with Crippen LogP contribution in [0.15, 0.2) is 6.07 Å². The van der Waals surface area contributed by atoms with E-state index in [-0.39, 0.29) is 0 Å². The van der Waals surface area contributed by atoms with Gasteiger partial charge in [0.1, 0.15) is 0 Å². The molecule has 0 amide bonds. The summed E-state index contributed by atoms with van der Waals surface area (Å²) in [7, 11) is 0. The summed E-state index contributed by atoms with van der Waals surface area (Å²) in [5.41, 5.74) is 1.49. The second-order valence-corrected chi connectivity index (χ2v) is 4.41. The van der Waals surface area contributed by atoms with Crippen LogP contribution in [0.25, 0.3) is 0 Å². The lowest BCUT2D eigenvalue weighted by atomic mass is 10.2. The fraction of sp³-hybridized carbons (Fsp3) is 0.600. The van der Waals surface area contributed by atoms with Gasteiger partial charge in [0.05, 0.1) is 0 Å². The van der Waals surface area contributed by atoms with Crippen molar-refractivity contribution >= 4 is 11.3 Å². The Hall–Kier alpha value is -0.300. The van der Waals surface area contributed by atoms with Crippen LogP contribution in [0.3, 0.4) is 0 Å². The van der Waals surface area contributed by atoms with E-state index in [9.17, 15) is 0 Å². The van der Waals surface area contributed by atoms with Gasteiger partial charge in [-0.05, 0) is 38.3 Å². The Bertz CT molecular complexity index is 223. The van der Waals surface area contributed by atoms with E-state index in [1.165, 1.54) is 29.7 Å². The topological polar surface area (TPSA) is 0 Å². The first-order chi connectivity index (χ1) is 5.24. The Morgan fingerprint density at radius 3 is 2.55 bits per heavy atom. The van der Waals surface area contributed by atoms with Crippen LogP contribution in [0.5, 0.6) is 0 Å². The number of rotatable bonds is 3. The molecule has 0 spiro atoms. The molecule has 0 saturated heterocycles. The molecular weight excluding hydrogens is 152 g/mol. The third-order valence-electron chi connectivity index (χ3n) is 1.90. The first-order valence-electron chi connectivity index (χ1n) is 4.30. The van der Waals surface area contributed by atoms with Gasteiger partial charge < -0.3 is 0 Å². The van der Waals surface area contributed by atoms with Crippen molar-refractivity contribution in [3.63, 3.8) is 0 Å². The molecule has 0 bridgehead atoms. The molecule has 0 aromatic carbocycles. The third kappa shape index (κ3) is 2.33. The number of thiophene rings is 1. The molecule has 1 aromatic heterocycles. The van der Waals surface area contributed by atoms with Gasteiger partial charge in [-0.25, -0.2) is 0 Å². The Morgan fingerprint density at radius 1 is 1.36 bits per heavy atom. The van der Waals surface area contributed by atoms with Gasteiger partial charge >= 0.3 is 0 Å². The van der Waals surface area contributed by atoms with Gasteiger partial charge in [0.15, 0.2) is 0 Å². The summed E-state index contributed by atoms with van der Waals surface area (Å²) >= 11 is 1.95. The average Bonchev–Trinajstić information content (AvgIpc) is 2.26. The quantitative estimate of drug-likeness (QED) is 0.645. The first-order valence-corrected chi connectivity index (χ1v) is 5.11. The summed E-state index contributed by atoms with van der Waals surface area (Å²) in [5, 5.41) is 0. The molecule has 0 radical (unpaired) electrons. The highest BCUT2D eigenvalue weighted by Gasteiger charge is 2.00. The maximum atomic E-state index is 2.29. The van der Waals surface area contributed by atoms with Gasteiger partial charge in [-0.3, -0.25) is 0 Å². The zero-order chi connectivity index (χ0) is 8.27. The Kier molecular flexibility index (Phi) is 3.13. The molecule has 0 aliphatic rings. The predicted octanol–water partition coefficient (Wildman–Crippen LogP) is 3.71. The van der Waals surface area contributed by atoms with E-state index < -0.39 is 0 Å². The highest BCUT2D eigenvalue weighted by Crippen LogP contribution is 2.22. The van der Waals surface area contributed by atoms with E-state index in [1.54, 1.807) is 4.88 Å². The van der Waals surface area contributed by atoms with Crippen LogP contribution in [-0.2, 0) is 6.42 Å². The zero-order valence-electron chi connectivity index (χ0n) is 7.61. The number of aryl methyl sites for hydroxylation is 3. The van der Waals surface area contributed by atoms with Gasteiger partial charge in [-0.2, -0.15) is 0 Å². The van der Waals surface area contributed by atoms with Crippen molar-refractivity contribution in [3.8, 4) is 0 Å². The minimum atomic E-state index is 1.28. The predicted molar refractivity (Wildman–Crippen MR) is 52.4 cm³/mol. The lowest BCUT2D eigenvalue weighted by Crippen LogP contribution is -1.80. The molecule has 0 saturated carbocycles. The van der Waals surface area contributed by atoms with Crippen LogP contribution >= 0.6 is 11.3 Å². The first kappa shape index (κ1) is 8.79. The smallest absolute Gasteiger partial charge is 0.00772 e. The van der Waals surface area contributed by atoms with Crippen LogP contribution in [0.2, 0.25) is 0 Å². The summed E-state index contributed by atoms with van der Waals surface area (Å²) in [6, 6.07) is 2.29. The minimum Gasteiger partial charge on any atom is -0.145 e. The molecule has 1 heterocycles. The van der Waals surface area contributed by atoms with Crippen molar-refractivity contribution in [2.24, 2.45) is 0 Å². The maximum Gasteiger partial charge on any atom is 0.00772 e. The molecule has 0 N–H and O–H groups in total. The van der Waals surface area contributed by atoms with Crippen molar-refractivity contribution in [2.45, 2.75) is 40.0 Å². The molecule has 1 aromatic rings. The van der Waals surface area contributed by atoms with E-state index in [2.05, 4.69) is 26.8 Å². The van der Waals surface area contributed by atoms with E-state index in [0.717, 1.165) is 0 Å². The summed E-state index contributed by atoms with van der Waals surface area (Å²) in [5.74, 6) is 0. The summed E-state index contributed by atoms with van der Waals surface area (Å²) < 4.78 is 0. The Labute approximate surface area is 73.3 Å². The minimum absolute atomic E-state index is 1.28. The zero-order valence-corrected chi connectivity index (χ0v) is 8.42. The molecule has 0 nitrogen and oxygen atoms in total. The van der Waals surface area contributed by atoms with Gasteiger partial charge in [0, 0.05) is 9.75 Å². The average molecular weight is 168 g/mol. The fourth-order valence-corrected chi connectivity index (χ4v) is 2.37. The second-order valence-electron chi connectivity index (χ2n) is 3.07. The van der Waals surface area contributed by atoms with E-state index in [1.807, 2.05) is 11.3 Å². The third-order valence-corrected chi connectivity index (χ3v) is 3.11. The van der Waals surface area contributed by atoms with E-state index in [0.29, 0.717) is 0 Å². The van der Waals surface area contributed by atoms with E-state index in [4.69, 9.17) is 0 Å². The Morgan fingerprint density at radius 2 is 2.09 bits per heavy atom. The number of hydrogen-bond donors (Lipinski definition) is 0. The van der Waals surface area contributed by atoms with Crippen LogP contribution < -0.4 is 0 Å². The van der Waals surface area contributed by atoms with Crippen LogP contribution in [0.4, 0.5) is 0 Å². The highest BCUT2D eigenvalue weighted by molar-refractivity contribution is 7.12. The molecule has 1 heteroatoms. The van der Waals surface area contributed by atoms with Gasteiger partial charge in [-0.15, -0.1) is 11.3 Å². The largest absolute Gasteiger partial charge is 0.145 e. The standard InChI is InChI=1S/C10H16S/c1-4-5-6-10-8(2)7-9(3)11-10/h7H,4-6H2,1-3H3. The van der Waals surface area contributed by atoms with Crippen LogP contribution in [0.1, 0.15) is 35.1 Å².